The summed E-state index contributed by atoms with van der Waals surface area (Å²) >= 11 is 2.18. The van der Waals surface area contributed by atoms with Gasteiger partial charge in [-0.15, -0.1) is 0 Å². The van der Waals surface area contributed by atoms with Gasteiger partial charge in [-0.25, -0.2) is 0 Å². The Hall–Kier alpha value is -0.423. The fraction of sp³-hybridized carbons (Fsp3) is 0.500. The topological polar surface area (TPSA) is 12.5 Å². The molecule has 1 aromatic carbocycles. The summed E-state index contributed by atoms with van der Waals surface area (Å²) in [6.07, 6.45) is 1.15. The van der Waals surface area contributed by atoms with Crippen molar-refractivity contribution in [3.05, 3.63) is 29.8 Å². The predicted octanol–water partition coefficient (Wildman–Crippen LogP) is 2.25. The molecule has 1 rings (SSSR count). The second kappa shape index (κ2) is 6.95. The molecule has 3 heteroatoms. The molecule has 0 N–H and O–H groups in total. The SMILES string of the molecule is [Li][CH2]CCOCc1ccc(N(C)C)cc1. The van der Waals surface area contributed by atoms with E-state index in [-0.39, 0.29) is 0 Å². The molecule has 1 aromatic rings. The van der Waals surface area contributed by atoms with Crippen LogP contribution in [0.4, 0.5) is 5.69 Å². The third-order valence-corrected chi connectivity index (χ3v) is 2.36. The van der Waals surface area contributed by atoms with Gasteiger partial charge in [-0.05, 0) is 0 Å². The number of anilines is 1. The van der Waals surface area contributed by atoms with Crippen molar-refractivity contribution < 1.29 is 4.74 Å². The summed E-state index contributed by atoms with van der Waals surface area (Å²) in [4.78, 5) is 2.10. The Balaban J connectivity index is 2.36. The second-order valence-corrected chi connectivity index (χ2v) is 3.97. The molecule has 0 aliphatic carbocycles. The Morgan fingerprint density at radius 3 is 2.40 bits per heavy atom. The molecule has 0 spiro atoms. The Morgan fingerprint density at radius 1 is 1.20 bits per heavy atom. The minimum atomic E-state index is 0.730. The van der Waals surface area contributed by atoms with Crippen LogP contribution in [-0.2, 0) is 11.3 Å². The number of ether oxygens (including phenoxy) is 1. The molecule has 0 unspecified atom stereocenters. The van der Waals surface area contributed by atoms with E-state index in [1.54, 1.807) is 0 Å². The first-order valence-electron chi connectivity index (χ1n) is 5.58. The first-order valence-corrected chi connectivity index (χ1v) is 5.58. The molecule has 15 heavy (non-hydrogen) atoms. The molecule has 0 radical (unpaired) electrons. The molecule has 0 bridgehead atoms. The zero-order valence-electron chi connectivity index (χ0n) is 9.99. The van der Waals surface area contributed by atoms with E-state index < -0.39 is 0 Å². The number of hydrogen-bond acceptors (Lipinski definition) is 2. The first kappa shape index (κ1) is 12.6. The maximum atomic E-state index is 5.55. The van der Waals surface area contributed by atoms with E-state index in [4.69, 9.17) is 4.74 Å². The summed E-state index contributed by atoms with van der Waals surface area (Å²) in [5.41, 5.74) is 2.48. The number of hydrogen-bond donors (Lipinski definition) is 0. The van der Waals surface area contributed by atoms with Crippen LogP contribution in [0.25, 0.3) is 0 Å². The number of rotatable bonds is 6. The van der Waals surface area contributed by atoms with E-state index in [0.717, 1.165) is 19.6 Å². The first-order chi connectivity index (χ1) is 7.24. The molecule has 0 aliphatic heterocycles. The van der Waals surface area contributed by atoms with Gasteiger partial charge in [-0.2, -0.15) is 0 Å². The second-order valence-electron chi connectivity index (χ2n) is 3.97. The quantitative estimate of drug-likeness (QED) is 0.514. The molecule has 0 fully saturated rings. The molecular weight excluding hydrogens is 181 g/mol. The van der Waals surface area contributed by atoms with Crippen molar-refractivity contribution in [2.24, 2.45) is 0 Å². The predicted molar refractivity (Wildman–Crippen MR) is 65.6 cm³/mol. The Labute approximate surface area is 102 Å². The molecule has 78 valence electrons. The Bertz CT molecular complexity index is 271. The van der Waals surface area contributed by atoms with Gasteiger partial charge in [0.05, 0.1) is 0 Å². The molecule has 2 nitrogen and oxygen atoms in total. The van der Waals surface area contributed by atoms with Gasteiger partial charge < -0.3 is 0 Å². The molecule has 0 aromatic heterocycles. The standard InChI is InChI=1S/C12H18NO.Li/c1-4-9-14-10-11-5-7-12(8-6-11)13(2)3;/h5-8H,1,4,9-10H2,2-3H3;. The summed E-state index contributed by atoms with van der Waals surface area (Å²) in [5, 5.41) is 1.19. The van der Waals surface area contributed by atoms with E-state index in [2.05, 4.69) is 46.9 Å². The van der Waals surface area contributed by atoms with E-state index in [1.807, 2.05) is 14.1 Å². The average Bonchev–Trinajstić information content (AvgIpc) is 2.25. The van der Waals surface area contributed by atoms with Crippen molar-refractivity contribution in [3.8, 4) is 0 Å². The van der Waals surface area contributed by atoms with Gasteiger partial charge in [0.2, 0.25) is 0 Å². The molecular formula is C12H18LiNO. The van der Waals surface area contributed by atoms with Crippen molar-refractivity contribution in [1.29, 1.82) is 0 Å². The van der Waals surface area contributed by atoms with Gasteiger partial charge in [0.25, 0.3) is 0 Å². The van der Waals surface area contributed by atoms with Gasteiger partial charge >= 0.3 is 102 Å². The van der Waals surface area contributed by atoms with E-state index >= 15 is 0 Å². The summed E-state index contributed by atoms with van der Waals surface area (Å²) in [6, 6.07) is 8.50. The van der Waals surface area contributed by atoms with Crippen LogP contribution in [-0.4, -0.2) is 38.4 Å². The molecule has 0 heterocycles. The monoisotopic (exact) mass is 199 g/mol. The van der Waals surface area contributed by atoms with Crippen LogP contribution in [0.3, 0.4) is 0 Å². The minimum absolute atomic E-state index is 0.730. The van der Waals surface area contributed by atoms with Crippen LogP contribution in [0, 0.1) is 0 Å². The van der Waals surface area contributed by atoms with Crippen molar-refractivity contribution in [3.63, 3.8) is 0 Å². The fourth-order valence-electron chi connectivity index (χ4n) is 1.33. The van der Waals surface area contributed by atoms with E-state index in [1.165, 1.54) is 16.3 Å². The van der Waals surface area contributed by atoms with Crippen LogP contribution in [0.5, 0.6) is 0 Å². The van der Waals surface area contributed by atoms with Crippen molar-refractivity contribution in [2.45, 2.75) is 18.1 Å². The van der Waals surface area contributed by atoms with Crippen molar-refractivity contribution in [2.75, 3.05) is 25.6 Å². The Kier molecular flexibility index (Phi) is 5.86. The molecule has 0 atom stereocenters. The van der Waals surface area contributed by atoms with Gasteiger partial charge in [0, 0.05) is 0 Å². The summed E-state index contributed by atoms with van der Waals surface area (Å²) in [7, 11) is 4.10. The molecule has 0 saturated carbocycles. The zero-order valence-corrected chi connectivity index (χ0v) is 9.99. The molecule has 0 saturated heterocycles. The van der Waals surface area contributed by atoms with E-state index in [0.29, 0.717) is 0 Å². The summed E-state index contributed by atoms with van der Waals surface area (Å²) < 4.78 is 5.55. The normalized spacial score (nSPS) is 10.4. The van der Waals surface area contributed by atoms with Crippen LogP contribution in [0.2, 0.25) is 5.09 Å². The van der Waals surface area contributed by atoms with Gasteiger partial charge in [-0.1, -0.05) is 0 Å². The maximum absolute atomic E-state index is 5.55. The zero-order chi connectivity index (χ0) is 11.1. The van der Waals surface area contributed by atoms with E-state index in [9.17, 15) is 0 Å². The molecule has 0 aliphatic rings. The van der Waals surface area contributed by atoms with Gasteiger partial charge in [0.15, 0.2) is 0 Å². The fourth-order valence-corrected chi connectivity index (χ4v) is 1.33. The third-order valence-electron chi connectivity index (χ3n) is 2.36. The van der Waals surface area contributed by atoms with Crippen LogP contribution in [0.1, 0.15) is 12.0 Å². The van der Waals surface area contributed by atoms with Gasteiger partial charge in [0.1, 0.15) is 0 Å². The summed E-state index contributed by atoms with van der Waals surface area (Å²) in [5.74, 6) is 0. The van der Waals surface area contributed by atoms with Crippen molar-refractivity contribution in [1.82, 2.24) is 0 Å². The van der Waals surface area contributed by atoms with Crippen LogP contribution >= 0.6 is 0 Å². The van der Waals surface area contributed by atoms with Crippen molar-refractivity contribution >= 4 is 23.4 Å². The van der Waals surface area contributed by atoms with Crippen LogP contribution in [0.15, 0.2) is 24.3 Å². The summed E-state index contributed by atoms with van der Waals surface area (Å²) in [6.45, 7) is 1.60. The number of nitrogens with zero attached hydrogens (tertiary/aromatic N) is 1. The Morgan fingerprint density at radius 2 is 1.87 bits per heavy atom. The number of benzene rings is 1. The van der Waals surface area contributed by atoms with Gasteiger partial charge in [-0.3, -0.25) is 0 Å². The molecule has 0 amide bonds. The third kappa shape index (κ3) is 4.75. The van der Waals surface area contributed by atoms with Crippen LogP contribution < -0.4 is 4.90 Å². The average molecular weight is 199 g/mol.